The average Bonchev–Trinajstić information content (AvgIpc) is 2.65. The van der Waals surface area contributed by atoms with Crippen LogP contribution in [-0.2, 0) is 16.6 Å². The minimum absolute atomic E-state index is 0.181. The molecule has 2 heterocycles. The summed E-state index contributed by atoms with van der Waals surface area (Å²) in [5, 5.41) is 21.4. The van der Waals surface area contributed by atoms with Crippen LogP contribution in [0.4, 0.5) is 30.7 Å². The van der Waals surface area contributed by atoms with E-state index in [0.29, 0.717) is 5.69 Å². The van der Waals surface area contributed by atoms with Gasteiger partial charge in [0.1, 0.15) is 5.69 Å². The van der Waals surface area contributed by atoms with Gasteiger partial charge in [-0.25, -0.2) is 14.0 Å². The molecule has 1 aromatic heterocycles. The zero-order chi connectivity index (χ0) is 20.0. The largest absolute Gasteiger partial charge is 0.490 e. The molecular formula is C11H12F7N3O4. The van der Waals surface area contributed by atoms with E-state index in [-0.39, 0.29) is 11.7 Å². The molecule has 1 saturated heterocycles. The Bertz CT molecular complexity index is 569. The van der Waals surface area contributed by atoms with Gasteiger partial charge < -0.3 is 15.5 Å². The second kappa shape index (κ2) is 8.64. The lowest BCUT2D eigenvalue weighted by Gasteiger charge is -2.24. The van der Waals surface area contributed by atoms with Crippen LogP contribution >= 0.6 is 0 Å². The fraction of sp³-hybridized carbons (Fsp3) is 0.545. The van der Waals surface area contributed by atoms with Gasteiger partial charge in [-0.3, -0.25) is 4.68 Å². The van der Waals surface area contributed by atoms with Crippen molar-refractivity contribution in [3.05, 3.63) is 17.7 Å². The van der Waals surface area contributed by atoms with Crippen LogP contribution in [0.15, 0.2) is 6.20 Å². The number of hydrogen-bond acceptors (Lipinski definition) is 4. The van der Waals surface area contributed by atoms with Crippen LogP contribution in [0.5, 0.6) is 0 Å². The van der Waals surface area contributed by atoms with Gasteiger partial charge in [0, 0.05) is 26.1 Å². The average molecular weight is 383 g/mol. The molecular weight excluding hydrogens is 371 g/mol. The van der Waals surface area contributed by atoms with Crippen molar-refractivity contribution < 1.29 is 50.5 Å². The zero-order valence-corrected chi connectivity index (χ0v) is 12.3. The van der Waals surface area contributed by atoms with Crippen LogP contribution in [0.3, 0.4) is 0 Å². The Morgan fingerprint density at radius 2 is 1.48 bits per heavy atom. The summed E-state index contributed by atoms with van der Waals surface area (Å²) in [5.41, 5.74) is 0.603. The SMILES string of the molecule is Cn1cc(F)c(C2CNC2)n1.O=C(O)C(F)(F)F.O=C(O)C(F)(F)F. The standard InChI is InChI=1S/C7H10FN3.2C2HF3O2/c1-11-4-6(8)7(10-11)5-2-9-3-5;2*3-2(4,5)1(6)7/h4-5,9H,2-3H2,1H3;2*(H,6,7). The van der Waals surface area contributed by atoms with E-state index in [0.717, 1.165) is 13.1 Å². The minimum atomic E-state index is -5.08. The number of alkyl halides is 6. The van der Waals surface area contributed by atoms with Crippen LogP contribution in [0.2, 0.25) is 0 Å². The number of halogens is 7. The van der Waals surface area contributed by atoms with Crippen LogP contribution in [0.25, 0.3) is 0 Å². The number of nitrogens with zero attached hydrogens (tertiary/aromatic N) is 2. The maximum atomic E-state index is 13.0. The maximum absolute atomic E-state index is 13.0. The summed E-state index contributed by atoms with van der Waals surface area (Å²) < 4.78 is 78.0. The van der Waals surface area contributed by atoms with Crippen molar-refractivity contribution in [2.24, 2.45) is 7.05 Å². The first-order valence-electron chi connectivity index (χ1n) is 6.16. The molecule has 0 atom stereocenters. The van der Waals surface area contributed by atoms with Crippen molar-refractivity contribution >= 4 is 11.9 Å². The predicted molar refractivity (Wildman–Crippen MR) is 66.2 cm³/mol. The molecule has 0 saturated carbocycles. The van der Waals surface area contributed by atoms with E-state index in [1.807, 2.05) is 0 Å². The Kier molecular flexibility index (Phi) is 7.82. The maximum Gasteiger partial charge on any atom is 0.490 e. The molecule has 144 valence electrons. The Labute approximate surface area is 135 Å². The quantitative estimate of drug-likeness (QED) is 0.636. The molecule has 0 spiro atoms. The van der Waals surface area contributed by atoms with Gasteiger partial charge in [0.25, 0.3) is 0 Å². The van der Waals surface area contributed by atoms with Crippen LogP contribution in [0.1, 0.15) is 11.6 Å². The van der Waals surface area contributed by atoms with Crippen molar-refractivity contribution in [2.45, 2.75) is 18.3 Å². The third kappa shape index (κ3) is 8.32. The van der Waals surface area contributed by atoms with Gasteiger partial charge >= 0.3 is 24.3 Å². The second-order valence-electron chi connectivity index (χ2n) is 4.50. The van der Waals surface area contributed by atoms with Crippen LogP contribution in [0, 0.1) is 5.82 Å². The first-order chi connectivity index (χ1) is 11.2. The van der Waals surface area contributed by atoms with Crippen LogP contribution < -0.4 is 5.32 Å². The monoisotopic (exact) mass is 383 g/mol. The highest BCUT2D eigenvalue weighted by atomic mass is 19.4. The predicted octanol–water partition coefficient (Wildman–Crippen LogP) is 1.51. The third-order valence-electron chi connectivity index (χ3n) is 2.46. The second-order valence-corrected chi connectivity index (χ2v) is 4.50. The highest BCUT2D eigenvalue weighted by Gasteiger charge is 2.38. The summed E-state index contributed by atoms with van der Waals surface area (Å²) in [7, 11) is 1.73. The van der Waals surface area contributed by atoms with Gasteiger partial charge in [-0.15, -0.1) is 0 Å². The van der Waals surface area contributed by atoms with E-state index in [2.05, 4.69) is 10.4 Å². The highest BCUT2D eigenvalue weighted by molar-refractivity contribution is 5.73. The lowest BCUT2D eigenvalue weighted by atomic mass is 10.00. The van der Waals surface area contributed by atoms with E-state index >= 15 is 0 Å². The van der Waals surface area contributed by atoms with E-state index in [4.69, 9.17) is 19.8 Å². The topological polar surface area (TPSA) is 104 Å². The van der Waals surface area contributed by atoms with Crippen molar-refractivity contribution in [2.75, 3.05) is 13.1 Å². The van der Waals surface area contributed by atoms with E-state index < -0.39 is 24.3 Å². The molecule has 14 heteroatoms. The fourth-order valence-corrected chi connectivity index (χ4v) is 1.24. The number of carboxylic acid groups (broad SMARTS) is 2. The summed E-state index contributed by atoms with van der Waals surface area (Å²) in [4.78, 5) is 17.8. The number of aromatic nitrogens is 2. The minimum Gasteiger partial charge on any atom is -0.475 e. The molecule has 0 aliphatic carbocycles. The summed E-state index contributed by atoms with van der Waals surface area (Å²) in [6.45, 7) is 1.71. The molecule has 0 unspecified atom stereocenters. The number of nitrogens with one attached hydrogen (secondary N) is 1. The summed E-state index contributed by atoms with van der Waals surface area (Å²) in [5.74, 6) is -5.41. The van der Waals surface area contributed by atoms with Crippen molar-refractivity contribution in [3.63, 3.8) is 0 Å². The van der Waals surface area contributed by atoms with Crippen molar-refractivity contribution in [1.82, 2.24) is 15.1 Å². The number of aryl methyl sites for hydroxylation is 1. The van der Waals surface area contributed by atoms with Crippen molar-refractivity contribution in [1.29, 1.82) is 0 Å². The van der Waals surface area contributed by atoms with Gasteiger partial charge in [0.15, 0.2) is 5.82 Å². The van der Waals surface area contributed by atoms with Gasteiger partial charge in [-0.2, -0.15) is 31.4 Å². The molecule has 0 bridgehead atoms. The molecule has 0 aromatic carbocycles. The Hall–Kier alpha value is -2.38. The first kappa shape index (κ1) is 22.6. The van der Waals surface area contributed by atoms with Gasteiger partial charge in [0.05, 0.1) is 6.20 Å². The smallest absolute Gasteiger partial charge is 0.475 e. The Morgan fingerprint density at radius 3 is 1.64 bits per heavy atom. The third-order valence-corrected chi connectivity index (χ3v) is 2.46. The molecule has 1 aliphatic rings. The molecule has 1 fully saturated rings. The van der Waals surface area contributed by atoms with E-state index in [1.54, 1.807) is 7.05 Å². The lowest BCUT2D eigenvalue weighted by molar-refractivity contribution is -0.193. The summed E-state index contributed by atoms with van der Waals surface area (Å²) in [6, 6.07) is 0. The molecule has 1 aliphatic heterocycles. The highest BCUT2D eigenvalue weighted by Crippen LogP contribution is 2.20. The number of aliphatic carboxylic acids is 2. The van der Waals surface area contributed by atoms with Crippen LogP contribution in [-0.4, -0.2) is 57.4 Å². The number of carboxylic acids is 2. The van der Waals surface area contributed by atoms with Crippen molar-refractivity contribution in [3.8, 4) is 0 Å². The number of carbonyl (C=O) groups is 2. The number of rotatable bonds is 1. The normalized spacial score (nSPS) is 14.4. The molecule has 1 aromatic rings. The van der Waals surface area contributed by atoms with E-state index in [1.165, 1.54) is 10.9 Å². The Morgan fingerprint density at radius 1 is 1.12 bits per heavy atom. The molecule has 0 radical (unpaired) electrons. The van der Waals surface area contributed by atoms with Gasteiger partial charge in [-0.05, 0) is 0 Å². The lowest BCUT2D eigenvalue weighted by Crippen LogP contribution is -2.40. The fourth-order valence-electron chi connectivity index (χ4n) is 1.24. The molecule has 2 rings (SSSR count). The number of hydrogen-bond donors (Lipinski definition) is 3. The molecule has 25 heavy (non-hydrogen) atoms. The summed E-state index contributed by atoms with van der Waals surface area (Å²) >= 11 is 0. The zero-order valence-electron chi connectivity index (χ0n) is 12.3. The Balaban J connectivity index is 0.000000366. The van der Waals surface area contributed by atoms with Gasteiger partial charge in [0.2, 0.25) is 0 Å². The molecule has 7 nitrogen and oxygen atoms in total. The summed E-state index contributed by atoms with van der Waals surface area (Å²) in [6.07, 6.45) is -8.76. The van der Waals surface area contributed by atoms with Gasteiger partial charge in [-0.1, -0.05) is 0 Å². The molecule has 3 N–H and O–H groups in total. The first-order valence-corrected chi connectivity index (χ1v) is 6.16. The van der Waals surface area contributed by atoms with E-state index in [9.17, 15) is 30.7 Å². The molecule has 0 amide bonds.